The second-order valence-electron chi connectivity index (χ2n) is 6.38. The summed E-state index contributed by atoms with van der Waals surface area (Å²) in [5.74, 6) is -0.211. The van der Waals surface area contributed by atoms with Crippen LogP contribution in [0.2, 0.25) is 10.0 Å². The molecule has 148 valence electrons. The maximum atomic E-state index is 12.7. The smallest absolute Gasteiger partial charge is 0.324 e. The van der Waals surface area contributed by atoms with Gasteiger partial charge in [0.1, 0.15) is 0 Å². The monoisotopic (exact) mass is 434 g/mol. The molecule has 2 heterocycles. The number of nitrogens with zero attached hydrogens (tertiary/aromatic N) is 3. The van der Waals surface area contributed by atoms with Gasteiger partial charge in [-0.05, 0) is 31.2 Å². The van der Waals surface area contributed by atoms with E-state index in [1.54, 1.807) is 0 Å². The van der Waals surface area contributed by atoms with Gasteiger partial charge in [-0.25, -0.2) is 13.2 Å². The van der Waals surface area contributed by atoms with Crippen LogP contribution in [-0.4, -0.2) is 80.3 Å². The molecule has 3 amide bonds. The topological polar surface area (TPSA) is 90.0 Å². The fourth-order valence-electron chi connectivity index (χ4n) is 3.11. The van der Waals surface area contributed by atoms with Gasteiger partial charge in [0.2, 0.25) is 15.9 Å². The molecule has 3 rings (SSSR count). The van der Waals surface area contributed by atoms with E-state index in [4.69, 9.17) is 23.2 Å². The first kappa shape index (κ1) is 20.3. The Morgan fingerprint density at radius 2 is 1.70 bits per heavy atom. The summed E-state index contributed by atoms with van der Waals surface area (Å²) < 4.78 is 26.9. The number of urea groups is 1. The van der Waals surface area contributed by atoms with Crippen LogP contribution in [0.3, 0.4) is 0 Å². The Balaban J connectivity index is 1.50. The van der Waals surface area contributed by atoms with Crippen LogP contribution in [0.4, 0.5) is 4.79 Å². The Labute approximate surface area is 168 Å². The largest absolute Gasteiger partial charge is 0.329 e. The van der Waals surface area contributed by atoms with E-state index in [9.17, 15) is 18.0 Å². The van der Waals surface area contributed by atoms with E-state index in [0.717, 1.165) is 0 Å². The lowest BCUT2D eigenvalue weighted by Crippen LogP contribution is -2.49. The molecule has 0 spiro atoms. The second-order valence-corrected chi connectivity index (χ2v) is 9.13. The summed E-state index contributed by atoms with van der Waals surface area (Å²) in [5, 5.41) is 3.00. The highest BCUT2D eigenvalue weighted by atomic mass is 35.5. The number of rotatable bonds is 6. The van der Waals surface area contributed by atoms with Gasteiger partial charge in [-0.3, -0.25) is 9.69 Å². The molecule has 1 aromatic carbocycles. The quantitative estimate of drug-likeness (QED) is 0.680. The summed E-state index contributed by atoms with van der Waals surface area (Å²) in [7, 11) is -3.62. The molecule has 2 fully saturated rings. The van der Waals surface area contributed by atoms with Crippen LogP contribution in [0.15, 0.2) is 23.1 Å². The molecule has 0 radical (unpaired) electrons. The summed E-state index contributed by atoms with van der Waals surface area (Å²) in [6.07, 6.45) is 0.651. The Morgan fingerprint density at radius 1 is 1.00 bits per heavy atom. The number of carbonyl (C=O) groups is 2. The molecular weight excluding hydrogens is 415 g/mol. The van der Waals surface area contributed by atoms with Crippen molar-refractivity contribution in [3.63, 3.8) is 0 Å². The number of nitrogens with one attached hydrogen (secondary N) is 1. The van der Waals surface area contributed by atoms with Gasteiger partial charge in [0.25, 0.3) is 0 Å². The van der Waals surface area contributed by atoms with Crippen LogP contribution in [0.5, 0.6) is 0 Å². The molecule has 8 nitrogen and oxygen atoms in total. The number of carbonyl (C=O) groups excluding carboxylic acids is 2. The van der Waals surface area contributed by atoms with Crippen molar-refractivity contribution in [2.24, 2.45) is 0 Å². The van der Waals surface area contributed by atoms with Crippen molar-refractivity contribution in [2.75, 3.05) is 45.8 Å². The average Bonchev–Trinajstić information content (AvgIpc) is 2.96. The van der Waals surface area contributed by atoms with Gasteiger partial charge in [0.15, 0.2) is 0 Å². The lowest BCUT2D eigenvalue weighted by atomic mass is 10.3. The number of hydrogen-bond acceptors (Lipinski definition) is 5. The molecule has 1 N–H and O–H groups in total. The number of sulfonamides is 1. The number of halogens is 2. The first-order chi connectivity index (χ1) is 12.8. The van der Waals surface area contributed by atoms with E-state index in [1.807, 2.05) is 0 Å². The minimum Gasteiger partial charge on any atom is -0.329 e. The summed E-state index contributed by atoms with van der Waals surface area (Å²) >= 11 is 11.8. The SMILES string of the molecule is O=C1CNC(=O)N1CCCN1CCN(S(=O)(=O)c2ccc(Cl)c(Cl)c2)CC1. The predicted molar refractivity (Wildman–Crippen MR) is 101 cm³/mol. The van der Waals surface area contributed by atoms with E-state index in [-0.39, 0.29) is 28.4 Å². The van der Waals surface area contributed by atoms with Crippen LogP contribution in [0, 0.1) is 0 Å². The van der Waals surface area contributed by atoms with Crippen molar-refractivity contribution in [1.29, 1.82) is 0 Å². The van der Waals surface area contributed by atoms with Gasteiger partial charge < -0.3 is 10.2 Å². The van der Waals surface area contributed by atoms with Gasteiger partial charge in [0.05, 0.1) is 21.5 Å². The van der Waals surface area contributed by atoms with Crippen molar-refractivity contribution in [3.05, 3.63) is 28.2 Å². The van der Waals surface area contributed by atoms with Crippen LogP contribution in [-0.2, 0) is 14.8 Å². The molecule has 27 heavy (non-hydrogen) atoms. The fourth-order valence-corrected chi connectivity index (χ4v) is 4.93. The number of benzene rings is 1. The average molecular weight is 435 g/mol. The Kier molecular flexibility index (Phi) is 6.27. The van der Waals surface area contributed by atoms with Crippen LogP contribution in [0.25, 0.3) is 0 Å². The molecule has 2 saturated heterocycles. The van der Waals surface area contributed by atoms with Crippen molar-refractivity contribution in [1.82, 2.24) is 19.4 Å². The molecular formula is C16H20Cl2N4O4S. The molecule has 0 aromatic heterocycles. The molecule has 2 aliphatic rings. The van der Waals surface area contributed by atoms with E-state index < -0.39 is 10.0 Å². The Hall–Kier alpha value is -1.39. The summed E-state index contributed by atoms with van der Waals surface area (Å²) in [5.41, 5.74) is 0. The Morgan fingerprint density at radius 3 is 2.30 bits per heavy atom. The van der Waals surface area contributed by atoms with Crippen molar-refractivity contribution in [3.8, 4) is 0 Å². The summed E-state index contributed by atoms with van der Waals surface area (Å²) in [6.45, 7) is 3.02. The maximum Gasteiger partial charge on any atom is 0.324 e. The van der Waals surface area contributed by atoms with E-state index in [2.05, 4.69) is 10.2 Å². The Bertz CT molecular complexity index is 825. The van der Waals surface area contributed by atoms with Crippen LogP contribution in [0.1, 0.15) is 6.42 Å². The highest BCUT2D eigenvalue weighted by molar-refractivity contribution is 7.89. The maximum absolute atomic E-state index is 12.7. The van der Waals surface area contributed by atoms with Crippen molar-refractivity contribution < 1.29 is 18.0 Å². The molecule has 0 saturated carbocycles. The molecule has 2 aliphatic heterocycles. The first-order valence-corrected chi connectivity index (χ1v) is 10.7. The number of hydrogen-bond donors (Lipinski definition) is 1. The number of piperazine rings is 1. The standard InChI is InChI=1S/C16H20Cl2N4O4S/c17-13-3-2-12(10-14(13)18)27(25,26)21-8-6-20(7-9-21)4-1-5-22-15(23)11-19-16(22)24/h2-3,10H,1,4-9,11H2,(H,19,24). The lowest BCUT2D eigenvalue weighted by molar-refractivity contribution is -0.125. The van der Waals surface area contributed by atoms with Gasteiger partial charge in [-0.2, -0.15) is 4.31 Å². The minimum absolute atomic E-state index is 0.0596. The highest BCUT2D eigenvalue weighted by Gasteiger charge is 2.30. The van der Waals surface area contributed by atoms with Gasteiger partial charge in [-0.15, -0.1) is 0 Å². The van der Waals surface area contributed by atoms with Gasteiger partial charge in [-0.1, -0.05) is 23.2 Å². The molecule has 0 atom stereocenters. The zero-order chi connectivity index (χ0) is 19.6. The zero-order valence-corrected chi connectivity index (χ0v) is 16.9. The molecule has 0 unspecified atom stereocenters. The van der Waals surface area contributed by atoms with Gasteiger partial charge in [0, 0.05) is 32.7 Å². The zero-order valence-electron chi connectivity index (χ0n) is 14.5. The number of imide groups is 1. The summed E-state index contributed by atoms with van der Waals surface area (Å²) in [6, 6.07) is 3.94. The number of amides is 3. The van der Waals surface area contributed by atoms with Crippen molar-refractivity contribution >= 4 is 45.2 Å². The van der Waals surface area contributed by atoms with Crippen LogP contribution >= 0.6 is 23.2 Å². The molecule has 0 aliphatic carbocycles. The first-order valence-electron chi connectivity index (χ1n) is 8.55. The van der Waals surface area contributed by atoms with E-state index >= 15 is 0 Å². The normalized spacial score (nSPS) is 19.6. The lowest BCUT2D eigenvalue weighted by Gasteiger charge is -2.34. The predicted octanol–water partition coefficient (Wildman–Crippen LogP) is 1.24. The third-order valence-electron chi connectivity index (χ3n) is 4.65. The molecule has 11 heteroatoms. The third-order valence-corrected chi connectivity index (χ3v) is 7.29. The van der Waals surface area contributed by atoms with E-state index in [0.29, 0.717) is 50.7 Å². The van der Waals surface area contributed by atoms with Crippen molar-refractivity contribution in [2.45, 2.75) is 11.3 Å². The highest BCUT2D eigenvalue weighted by Crippen LogP contribution is 2.27. The summed E-state index contributed by atoms with van der Waals surface area (Å²) in [4.78, 5) is 26.5. The third kappa shape index (κ3) is 4.55. The molecule has 1 aromatic rings. The van der Waals surface area contributed by atoms with Crippen LogP contribution < -0.4 is 5.32 Å². The molecule has 0 bridgehead atoms. The second kappa shape index (κ2) is 8.32. The van der Waals surface area contributed by atoms with Gasteiger partial charge >= 0.3 is 6.03 Å². The van der Waals surface area contributed by atoms with E-state index in [1.165, 1.54) is 27.4 Å². The minimum atomic E-state index is -3.62. The fraction of sp³-hybridized carbons (Fsp3) is 0.500.